The molecule has 2 aromatic rings. The van der Waals surface area contributed by atoms with Crippen LogP contribution in [0.1, 0.15) is 54.9 Å². The minimum Gasteiger partial charge on any atom is -0.399 e. The first-order valence-electron chi connectivity index (χ1n) is 9.54. The van der Waals surface area contributed by atoms with E-state index < -0.39 is 15.3 Å². The van der Waals surface area contributed by atoms with Crippen LogP contribution >= 0.6 is 0 Å². The first-order valence-corrected chi connectivity index (χ1v) is 11.1. The SMILES string of the molecule is CC(C)S(=O)(=O)N[C@H]1CCC[C@H]1c1ccc(NC(=O)c2cccc(N)c2)cc1. The number of carbonyl (C=O) groups is 1. The Labute approximate surface area is 166 Å². The van der Waals surface area contributed by atoms with Crippen molar-refractivity contribution in [2.24, 2.45) is 0 Å². The number of nitrogens with two attached hydrogens (primary N) is 1. The zero-order valence-corrected chi connectivity index (χ0v) is 17.0. The molecule has 3 rings (SSSR count). The van der Waals surface area contributed by atoms with E-state index in [9.17, 15) is 13.2 Å². The number of hydrogen-bond acceptors (Lipinski definition) is 4. The first-order chi connectivity index (χ1) is 13.3. The van der Waals surface area contributed by atoms with E-state index in [4.69, 9.17) is 5.73 Å². The van der Waals surface area contributed by atoms with E-state index in [0.29, 0.717) is 16.9 Å². The summed E-state index contributed by atoms with van der Waals surface area (Å²) in [7, 11) is -3.30. The van der Waals surface area contributed by atoms with E-state index in [1.807, 2.05) is 24.3 Å². The number of nitrogen functional groups attached to an aromatic ring is 1. The summed E-state index contributed by atoms with van der Waals surface area (Å²) in [6, 6.07) is 14.4. The summed E-state index contributed by atoms with van der Waals surface area (Å²) in [5, 5.41) is 2.42. The third-order valence-electron chi connectivity index (χ3n) is 5.20. The van der Waals surface area contributed by atoms with Crippen molar-refractivity contribution in [3.05, 3.63) is 59.7 Å². The standard InChI is InChI=1S/C21H27N3O3S/c1-14(2)28(26,27)24-20-8-4-7-19(20)15-9-11-18(12-10-15)23-21(25)16-5-3-6-17(22)13-16/h3,5-6,9-14,19-20,24H,4,7-8,22H2,1-2H3,(H,23,25)/t19-,20-/m0/s1. The van der Waals surface area contributed by atoms with E-state index in [1.165, 1.54) is 0 Å². The molecule has 1 fully saturated rings. The first kappa shape index (κ1) is 20.4. The molecule has 0 aromatic heterocycles. The van der Waals surface area contributed by atoms with Crippen molar-refractivity contribution >= 4 is 27.3 Å². The molecule has 1 amide bonds. The van der Waals surface area contributed by atoms with Crippen LogP contribution in [0.2, 0.25) is 0 Å². The van der Waals surface area contributed by atoms with Crippen molar-refractivity contribution in [1.29, 1.82) is 0 Å². The fourth-order valence-electron chi connectivity index (χ4n) is 3.54. The van der Waals surface area contributed by atoms with Crippen LogP contribution in [0.5, 0.6) is 0 Å². The number of benzene rings is 2. The summed E-state index contributed by atoms with van der Waals surface area (Å²) in [5.74, 6) is -0.0734. The molecule has 150 valence electrons. The molecule has 4 N–H and O–H groups in total. The molecule has 7 heteroatoms. The molecule has 0 aliphatic heterocycles. The molecule has 1 aliphatic rings. The van der Waals surface area contributed by atoms with Gasteiger partial charge in [-0.1, -0.05) is 24.6 Å². The number of carbonyl (C=O) groups excluding carboxylic acids is 1. The average Bonchev–Trinajstić information content (AvgIpc) is 3.09. The fourth-order valence-corrected chi connectivity index (χ4v) is 4.52. The smallest absolute Gasteiger partial charge is 0.255 e. The van der Waals surface area contributed by atoms with Crippen LogP contribution in [0.15, 0.2) is 48.5 Å². The summed E-state index contributed by atoms with van der Waals surface area (Å²) in [4.78, 5) is 12.3. The van der Waals surface area contributed by atoms with Crippen LogP contribution in [0, 0.1) is 0 Å². The molecule has 0 unspecified atom stereocenters. The van der Waals surface area contributed by atoms with Gasteiger partial charge in [0.25, 0.3) is 5.91 Å². The molecular formula is C21H27N3O3S. The topological polar surface area (TPSA) is 101 Å². The van der Waals surface area contributed by atoms with Gasteiger partial charge in [-0.25, -0.2) is 13.1 Å². The number of sulfonamides is 1. The Hall–Kier alpha value is -2.38. The molecule has 0 heterocycles. The predicted molar refractivity (Wildman–Crippen MR) is 113 cm³/mol. The highest BCUT2D eigenvalue weighted by Crippen LogP contribution is 2.35. The number of hydrogen-bond donors (Lipinski definition) is 3. The Morgan fingerprint density at radius 1 is 1.11 bits per heavy atom. The van der Waals surface area contributed by atoms with Crippen LogP contribution in [0.3, 0.4) is 0 Å². The van der Waals surface area contributed by atoms with Crippen LogP contribution in [-0.4, -0.2) is 25.6 Å². The third kappa shape index (κ3) is 4.72. The van der Waals surface area contributed by atoms with Crippen LogP contribution in [0.25, 0.3) is 0 Å². The molecule has 0 spiro atoms. The average molecular weight is 402 g/mol. The molecular weight excluding hydrogens is 374 g/mol. The lowest BCUT2D eigenvalue weighted by Gasteiger charge is -2.23. The summed E-state index contributed by atoms with van der Waals surface area (Å²) in [5.41, 5.74) is 8.54. The molecule has 0 saturated heterocycles. The van der Waals surface area contributed by atoms with E-state index in [-0.39, 0.29) is 17.9 Å². The highest BCUT2D eigenvalue weighted by atomic mass is 32.2. The minimum absolute atomic E-state index is 0.0832. The monoisotopic (exact) mass is 401 g/mol. The zero-order valence-electron chi connectivity index (χ0n) is 16.2. The van der Waals surface area contributed by atoms with Gasteiger partial charge in [0, 0.05) is 28.9 Å². The molecule has 2 aromatic carbocycles. The van der Waals surface area contributed by atoms with Gasteiger partial charge in [-0.05, 0) is 62.6 Å². The zero-order chi connectivity index (χ0) is 20.3. The molecule has 2 atom stereocenters. The van der Waals surface area contributed by atoms with E-state index in [1.54, 1.807) is 38.1 Å². The second-order valence-electron chi connectivity index (χ2n) is 7.56. The maximum Gasteiger partial charge on any atom is 0.255 e. The second-order valence-corrected chi connectivity index (χ2v) is 9.83. The number of nitrogens with one attached hydrogen (secondary N) is 2. The molecule has 28 heavy (non-hydrogen) atoms. The normalized spacial score (nSPS) is 19.7. The van der Waals surface area contributed by atoms with Gasteiger partial charge in [0.15, 0.2) is 0 Å². The van der Waals surface area contributed by atoms with Gasteiger partial charge in [-0.2, -0.15) is 0 Å². The molecule has 0 bridgehead atoms. The van der Waals surface area contributed by atoms with Crippen molar-refractivity contribution in [1.82, 2.24) is 4.72 Å². The Morgan fingerprint density at radius 2 is 1.82 bits per heavy atom. The Bertz CT molecular complexity index is 940. The van der Waals surface area contributed by atoms with Crippen molar-refractivity contribution < 1.29 is 13.2 Å². The van der Waals surface area contributed by atoms with Gasteiger partial charge in [-0.3, -0.25) is 4.79 Å². The van der Waals surface area contributed by atoms with Crippen molar-refractivity contribution in [2.45, 2.75) is 50.3 Å². The van der Waals surface area contributed by atoms with Crippen molar-refractivity contribution in [3.63, 3.8) is 0 Å². The lowest BCUT2D eigenvalue weighted by Crippen LogP contribution is -2.40. The van der Waals surface area contributed by atoms with Crippen molar-refractivity contribution in [2.75, 3.05) is 11.1 Å². The van der Waals surface area contributed by atoms with Crippen molar-refractivity contribution in [3.8, 4) is 0 Å². The molecule has 6 nitrogen and oxygen atoms in total. The van der Waals surface area contributed by atoms with Gasteiger partial charge in [0.2, 0.25) is 10.0 Å². The van der Waals surface area contributed by atoms with Gasteiger partial charge in [-0.15, -0.1) is 0 Å². The number of anilines is 2. The van der Waals surface area contributed by atoms with Crippen LogP contribution in [-0.2, 0) is 10.0 Å². The quantitative estimate of drug-likeness (QED) is 0.645. The lowest BCUT2D eigenvalue weighted by atomic mass is 9.94. The maximum atomic E-state index is 12.3. The Morgan fingerprint density at radius 3 is 2.46 bits per heavy atom. The summed E-state index contributed by atoms with van der Waals surface area (Å²) in [6.45, 7) is 3.37. The minimum atomic E-state index is -3.30. The molecule has 1 aliphatic carbocycles. The summed E-state index contributed by atoms with van der Waals surface area (Å²) < 4.78 is 27.3. The van der Waals surface area contributed by atoms with E-state index in [2.05, 4.69) is 10.0 Å². The molecule has 1 saturated carbocycles. The highest BCUT2D eigenvalue weighted by molar-refractivity contribution is 7.90. The largest absolute Gasteiger partial charge is 0.399 e. The Kier molecular flexibility index (Phi) is 6.05. The number of rotatable bonds is 6. The van der Waals surface area contributed by atoms with Gasteiger partial charge in [0.1, 0.15) is 0 Å². The van der Waals surface area contributed by atoms with E-state index in [0.717, 1.165) is 24.8 Å². The van der Waals surface area contributed by atoms with Gasteiger partial charge >= 0.3 is 0 Å². The van der Waals surface area contributed by atoms with Crippen LogP contribution < -0.4 is 15.8 Å². The highest BCUT2D eigenvalue weighted by Gasteiger charge is 2.32. The lowest BCUT2D eigenvalue weighted by molar-refractivity contribution is 0.102. The summed E-state index contributed by atoms with van der Waals surface area (Å²) >= 11 is 0. The predicted octanol–water partition coefficient (Wildman–Crippen LogP) is 3.49. The van der Waals surface area contributed by atoms with E-state index >= 15 is 0 Å². The number of amides is 1. The van der Waals surface area contributed by atoms with Gasteiger partial charge < -0.3 is 11.1 Å². The third-order valence-corrected chi connectivity index (χ3v) is 7.07. The molecule has 0 radical (unpaired) electrons. The summed E-state index contributed by atoms with van der Waals surface area (Å²) in [6.07, 6.45) is 2.77. The second kappa shape index (κ2) is 8.32. The Balaban J connectivity index is 1.69. The van der Waals surface area contributed by atoms with Crippen LogP contribution in [0.4, 0.5) is 11.4 Å². The maximum absolute atomic E-state index is 12.3. The van der Waals surface area contributed by atoms with Gasteiger partial charge in [0.05, 0.1) is 5.25 Å². The fraction of sp³-hybridized carbons (Fsp3) is 0.381.